The maximum Gasteiger partial charge on any atom is 0.410 e. The van der Waals surface area contributed by atoms with Crippen LogP contribution in [0.25, 0.3) is 0 Å². The van der Waals surface area contributed by atoms with Crippen LogP contribution in [0.4, 0.5) is 4.79 Å². The second-order valence-electron chi connectivity index (χ2n) is 7.33. The molecule has 2 aliphatic rings. The summed E-state index contributed by atoms with van der Waals surface area (Å²) in [5.74, 6) is 0. The normalized spacial score (nSPS) is 28.8. The number of hydrogen-bond acceptors (Lipinski definition) is 4. The molecule has 2 fully saturated rings. The van der Waals surface area contributed by atoms with Gasteiger partial charge >= 0.3 is 6.09 Å². The number of unbranched alkanes of at least 4 members (excludes halogenated alkanes) is 1. The van der Waals surface area contributed by atoms with Gasteiger partial charge in [-0.3, -0.25) is 0 Å². The molecule has 0 spiro atoms. The number of aliphatic hydroxyl groups is 1. The Morgan fingerprint density at radius 1 is 1.24 bits per heavy atom. The third-order valence-electron chi connectivity index (χ3n) is 4.36. The van der Waals surface area contributed by atoms with Crippen molar-refractivity contribution in [2.75, 3.05) is 13.2 Å². The summed E-state index contributed by atoms with van der Waals surface area (Å²) in [6.45, 7) is 6.98. The average Bonchev–Trinajstić information content (AvgIpc) is 2.65. The van der Waals surface area contributed by atoms with Gasteiger partial charge in [0.15, 0.2) is 0 Å². The number of rotatable bonds is 5. The molecule has 122 valence electrons. The minimum Gasteiger partial charge on any atom is -0.444 e. The Balaban J connectivity index is 1.83. The molecule has 2 heterocycles. The van der Waals surface area contributed by atoms with Gasteiger partial charge in [-0.05, 0) is 65.8 Å². The van der Waals surface area contributed by atoms with Crippen LogP contribution in [0.5, 0.6) is 0 Å². The monoisotopic (exact) mass is 298 g/mol. The van der Waals surface area contributed by atoms with Gasteiger partial charge in [0.2, 0.25) is 0 Å². The molecule has 2 N–H and O–H groups in total. The number of piperidine rings is 1. The standard InChI is InChI=1S/C16H30N2O3/c1-16(2,3)21-15(20)18-13-6-7-14(18)11-12(10-13)17-8-4-5-9-19/h12-14,17,19H,4-11H2,1-3H3. The lowest BCUT2D eigenvalue weighted by Gasteiger charge is -2.39. The number of fused-ring (bicyclic) bond motifs is 2. The van der Waals surface area contributed by atoms with Gasteiger partial charge in [0.05, 0.1) is 0 Å². The van der Waals surface area contributed by atoms with Crippen molar-refractivity contribution >= 4 is 6.09 Å². The second-order valence-corrected chi connectivity index (χ2v) is 7.33. The molecule has 21 heavy (non-hydrogen) atoms. The maximum atomic E-state index is 12.3. The molecule has 2 aliphatic heterocycles. The van der Waals surface area contributed by atoms with E-state index in [1.807, 2.05) is 25.7 Å². The Morgan fingerprint density at radius 3 is 2.38 bits per heavy atom. The summed E-state index contributed by atoms with van der Waals surface area (Å²) in [7, 11) is 0. The number of aliphatic hydroxyl groups excluding tert-OH is 1. The van der Waals surface area contributed by atoms with E-state index in [1.54, 1.807) is 0 Å². The molecule has 2 saturated heterocycles. The van der Waals surface area contributed by atoms with Crippen molar-refractivity contribution in [3.8, 4) is 0 Å². The SMILES string of the molecule is CC(C)(C)OC(=O)N1C2CCC1CC(NCCCCO)C2. The van der Waals surface area contributed by atoms with E-state index in [2.05, 4.69) is 5.32 Å². The zero-order chi connectivity index (χ0) is 15.5. The van der Waals surface area contributed by atoms with Crippen molar-refractivity contribution in [3.05, 3.63) is 0 Å². The Bertz CT molecular complexity index is 340. The Kier molecular flexibility index (Phi) is 5.49. The summed E-state index contributed by atoms with van der Waals surface area (Å²) in [5, 5.41) is 12.4. The van der Waals surface area contributed by atoms with Gasteiger partial charge in [-0.1, -0.05) is 0 Å². The van der Waals surface area contributed by atoms with E-state index >= 15 is 0 Å². The summed E-state index contributed by atoms with van der Waals surface area (Å²) in [5.41, 5.74) is -0.421. The topological polar surface area (TPSA) is 61.8 Å². The van der Waals surface area contributed by atoms with E-state index in [-0.39, 0.29) is 12.7 Å². The van der Waals surface area contributed by atoms with E-state index in [1.165, 1.54) is 0 Å². The van der Waals surface area contributed by atoms with E-state index in [0.717, 1.165) is 45.1 Å². The molecule has 0 aromatic carbocycles. The summed E-state index contributed by atoms with van der Waals surface area (Å²) in [6, 6.07) is 1.16. The van der Waals surface area contributed by atoms with Gasteiger partial charge in [-0.15, -0.1) is 0 Å². The van der Waals surface area contributed by atoms with Crippen LogP contribution in [0.2, 0.25) is 0 Å². The van der Waals surface area contributed by atoms with E-state index in [4.69, 9.17) is 9.84 Å². The average molecular weight is 298 g/mol. The van der Waals surface area contributed by atoms with Crippen LogP contribution in [0.15, 0.2) is 0 Å². The highest BCUT2D eigenvalue weighted by molar-refractivity contribution is 5.69. The number of nitrogens with one attached hydrogen (secondary N) is 1. The second kappa shape index (κ2) is 6.97. The predicted octanol–water partition coefficient (Wildman–Crippen LogP) is 2.28. The molecule has 2 bridgehead atoms. The third kappa shape index (κ3) is 4.58. The molecule has 2 atom stereocenters. The van der Waals surface area contributed by atoms with Crippen molar-refractivity contribution in [2.24, 2.45) is 0 Å². The first kappa shape index (κ1) is 16.6. The number of nitrogens with zero attached hydrogens (tertiary/aromatic N) is 1. The first-order chi connectivity index (χ1) is 9.90. The Morgan fingerprint density at radius 2 is 1.86 bits per heavy atom. The maximum absolute atomic E-state index is 12.3. The minimum atomic E-state index is -0.421. The minimum absolute atomic E-state index is 0.145. The predicted molar refractivity (Wildman–Crippen MR) is 82.2 cm³/mol. The lowest BCUT2D eigenvalue weighted by atomic mass is 9.97. The highest BCUT2D eigenvalue weighted by Crippen LogP contribution is 2.36. The molecule has 2 rings (SSSR count). The fourth-order valence-corrected chi connectivity index (χ4v) is 3.50. The molecular formula is C16H30N2O3. The summed E-state index contributed by atoms with van der Waals surface area (Å²) < 4.78 is 5.55. The molecule has 2 unspecified atom stereocenters. The van der Waals surface area contributed by atoms with E-state index in [0.29, 0.717) is 18.1 Å². The first-order valence-corrected chi connectivity index (χ1v) is 8.26. The highest BCUT2D eigenvalue weighted by Gasteiger charge is 2.44. The van der Waals surface area contributed by atoms with Crippen LogP contribution in [0, 0.1) is 0 Å². The summed E-state index contributed by atoms with van der Waals surface area (Å²) in [4.78, 5) is 14.3. The number of ether oxygens (including phenoxy) is 1. The Hall–Kier alpha value is -0.810. The van der Waals surface area contributed by atoms with Crippen LogP contribution < -0.4 is 5.32 Å². The van der Waals surface area contributed by atoms with Gasteiger partial charge in [0.1, 0.15) is 5.60 Å². The quantitative estimate of drug-likeness (QED) is 0.764. The number of carbonyl (C=O) groups is 1. The fourth-order valence-electron chi connectivity index (χ4n) is 3.50. The summed E-state index contributed by atoms with van der Waals surface area (Å²) >= 11 is 0. The number of carbonyl (C=O) groups excluding carboxylic acids is 1. The molecule has 0 aromatic heterocycles. The van der Waals surface area contributed by atoms with Crippen LogP contribution in [-0.2, 0) is 4.74 Å². The molecule has 5 nitrogen and oxygen atoms in total. The lowest BCUT2D eigenvalue weighted by Crippen LogP contribution is -2.52. The van der Waals surface area contributed by atoms with Crippen LogP contribution in [-0.4, -0.2) is 53.0 Å². The fraction of sp³-hybridized carbons (Fsp3) is 0.938. The molecule has 5 heteroatoms. The lowest BCUT2D eigenvalue weighted by molar-refractivity contribution is 0.00473. The van der Waals surface area contributed by atoms with Crippen molar-refractivity contribution in [2.45, 2.75) is 83.0 Å². The van der Waals surface area contributed by atoms with Crippen molar-refractivity contribution in [1.82, 2.24) is 10.2 Å². The van der Waals surface area contributed by atoms with E-state index in [9.17, 15) is 4.79 Å². The van der Waals surface area contributed by atoms with Crippen LogP contribution in [0.3, 0.4) is 0 Å². The number of amides is 1. The Labute approximate surface area is 128 Å². The molecule has 0 aliphatic carbocycles. The zero-order valence-electron chi connectivity index (χ0n) is 13.6. The molecule has 0 saturated carbocycles. The van der Waals surface area contributed by atoms with Gasteiger partial charge in [0.25, 0.3) is 0 Å². The van der Waals surface area contributed by atoms with Crippen molar-refractivity contribution < 1.29 is 14.6 Å². The number of hydrogen-bond donors (Lipinski definition) is 2. The van der Waals surface area contributed by atoms with Gasteiger partial charge < -0.3 is 20.1 Å². The van der Waals surface area contributed by atoms with Crippen LogP contribution in [0.1, 0.15) is 59.3 Å². The molecule has 0 radical (unpaired) electrons. The summed E-state index contributed by atoms with van der Waals surface area (Å²) in [6.07, 6.45) is 5.96. The first-order valence-electron chi connectivity index (χ1n) is 8.26. The zero-order valence-corrected chi connectivity index (χ0v) is 13.6. The molecule has 0 aromatic rings. The smallest absolute Gasteiger partial charge is 0.410 e. The highest BCUT2D eigenvalue weighted by atomic mass is 16.6. The van der Waals surface area contributed by atoms with Crippen molar-refractivity contribution in [3.63, 3.8) is 0 Å². The van der Waals surface area contributed by atoms with E-state index < -0.39 is 5.60 Å². The van der Waals surface area contributed by atoms with Gasteiger partial charge in [-0.2, -0.15) is 0 Å². The van der Waals surface area contributed by atoms with Gasteiger partial charge in [0, 0.05) is 24.7 Å². The molecule has 1 amide bonds. The van der Waals surface area contributed by atoms with Crippen LogP contribution >= 0.6 is 0 Å². The van der Waals surface area contributed by atoms with Crippen molar-refractivity contribution in [1.29, 1.82) is 0 Å². The third-order valence-corrected chi connectivity index (χ3v) is 4.36. The largest absolute Gasteiger partial charge is 0.444 e. The van der Waals surface area contributed by atoms with Gasteiger partial charge in [-0.25, -0.2) is 4.79 Å². The molecular weight excluding hydrogens is 268 g/mol.